The summed E-state index contributed by atoms with van der Waals surface area (Å²) in [6.07, 6.45) is 7.07. The molecular formula is C28H24FN7O. The number of rotatable bonds is 6. The van der Waals surface area contributed by atoms with Gasteiger partial charge in [-0.15, -0.1) is 0 Å². The SMILES string of the molecule is COc1cc(F)cc(-c2ccnc3[nH]c(-c4n[nH]c5cnc(-c6cncc(NC(C)C)c6)cc45)cc23)c1. The Kier molecular flexibility index (Phi) is 5.52. The van der Waals surface area contributed by atoms with E-state index in [1.807, 2.05) is 30.3 Å². The number of aromatic nitrogens is 6. The van der Waals surface area contributed by atoms with Crippen LogP contribution in [0.3, 0.4) is 0 Å². The minimum Gasteiger partial charge on any atom is -0.497 e. The van der Waals surface area contributed by atoms with Crippen molar-refractivity contribution in [2.75, 3.05) is 12.4 Å². The Balaban J connectivity index is 1.45. The molecule has 184 valence electrons. The first-order valence-electron chi connectivity index (χ1n) is 11.9. The predicted molar refractivity (Wildman–Crippen MR) is 143 cm³/mol. The van der Waals surface area contributed by atoms with Crippen LogP contribution in [-0.2, 0) is 0 Å². The molecule has 37 heavy (non-hydrogen) atoms. The van der Waals surface area contributed by atoms with Gasteiger partial charge in [0.15, 0.2) is 0 Å². The van der Waals surface area contributed by atoms with Crippen LogP contribution in [0.1, 0.15) is 13.8 Å². The average Bonchev–Trinajstić information content (AvgIpc) is 3.51. The second-order valence-corrected chi connectivity index (χ2v) is 9.13. The maximum Gasteiger partial charge on any atom is 0.138 e. The van der Waals surface area contributed by atoms with E-state index >= 15 is 0 Å². The first kappa shape index (κ1) is 22.7. The standard InChI is InChI=1S/C28H24FN7O/c1-15(2)33-19-7-17(12-30-13-19)24-11-23-26(14-32-24)35-36-27(23)25-10-22-21(4-5-31-28(22)34-25)16-6-18(29)9-20(8-16)37-3/h4-15,33H,1-3H3,(H,31,34)(H,35,36). The average molecular weight is 494 g/mol. The lowest BCUT2D eigenvalue weighted by molar-refractivity contribution is 0.411. The van der Waals surface area contributed by atoms with E-state index in [0.717, 1.165) is 50.2 Å². The van der Waals surface area contributed by atoms with Gasteiger partial charge in [-0.1, -0.05) is 0 Å². The number of nitrogens with one attached hydrogen (secondary N) is 3. The highest BCUT2D eigenvalue weighted by Crippen LogP contribution is 2.35. The summed E-state index contributed by atoms with van der Waals surface area (Å²) in [6, 6.07) is 12.8. The fourth-order valence-corrected chi connectivity index (χ4v) is 4.51. The Hall–Kier alpha value is -4.79. The van der Waals surface area contributed by atoms with Gasteiger partial charge in [0, 0.05) is 47.0 Å². The molecular weight excluding hydrogens is 469 g/mol. The molecule has 9 heteroatoms. The van der Waals surface area contributed by atoms with Gasteiger partial charge in [-0.2, -0.15) is 5.10 Å². The summed E-state index contributed by atoms with van der Waals surface area (Å²) in [7, 11) is 1.52. The lowest BCUT2D eigenvalue weighted by Crippen LogP contribution is -2.09. The third kappa shape index (κ3) is 4.24. The number of ether oxygens (including phenoxy) is 1. The summed E-state index contributed by atoms with van der Waals surface area (Å²) >= 11 is 0. The summed E-state index contributed by atoms with van der Waals surface area (Å²) in [6.45, 7) is 4.17. The van der Waals surface area contributed by atoms with Gasteiger partial charge in [0.05, 0.1) is 35.9 Å². The minimum atomic E-state index is -0.365. The number of hydrogen-bond acceptors (Lipinski definition) is 6. The van der Waals surface area contributed by atoms with Crippen LogP contribution < -0.4 is 10.1 Å². The molecule has 3 N–H and O–H groups in total. The van der Waals surface area contributed by atoms with Crippen molar-refractivity contribution < 1.29 is 9.13 Å². The molecule has 5 heterocycles. The van der Waals surface area contributed by atoms with Crippen molar-refractivity contribution in [2.45, 2.75) is 19.9 Å². The van der Waals surface area contributed by atoms with Crippen molar-refractivity contribution in [3.8, 4) is 39.5 Å². The lowest BCUT2D eigenvalue weighted by Gasteiger charge is -2.10. The van der Waals surface area contributed by atoms with Crippen molar-refractivity contribution in [3.63, 3.8) is 0 Å². The number of methoxy groups -OCH3 is 1. The molecule has 0 aliphatic rings. The molecule has 0 aliphatic carbocycles. The number of pyridine rings is 3. The largest absolute Gasteiger partial charge is 0.497 e. The van der Waals surface area contributed by atoms with Crippen LogP contribution in [0.15, 0.2) is 67.3 Å². The molecule has 0 saturated carbocycles. The van der Waals surface area contributed by atoms with Crippen molar-refractivity contribution in [2.24, 2.45) is 0 Å². The van der Waals surface area contributed by atoms with Gasteiger partial charge in [0.1, 0.15) is 22.9 Å². The number of aromatic amines is 2. The number of nitrogens with zero attached hydrogens (tertiary/aromatic N) is 4. The molecule has 0 unspecified atom stereocenters. The Morgan fingerprint density at radius 3 is 2.68 bits per heavy atom. The number of fused-ring (bicyclic) bond motifs is 2. The van der Waals surface area contributed by atoms with Gasteiger partial charge >= 0.3 is 0 Å². The molecule has 8 nitrogen and oxygen atoms in total. The molecule has 5 aromatic heterocycles. The molecule has 6 rings (SSSR count). The molecule has 6 aromatic rings. The zero-order chi connectivity index (χ0) is 25.5. The Bertz CT molecular complexity index is 1760. The first-order valence-corrected chi connectivity index (χ1v) is 11.9. The van der Waals surface area contributed by atoms with Crippen LogP contribution in [0.4, 0.5) is 10.1 Å². The molecule has 1 aromatic carbocycles. The van der Waals surface area contributed by atoms with Gasteiger partial charge in [-0.25, -0.2) is 9.37 Å². The molecule has 0 fully saturated rings. The van der Waals surface area contributed by atoms with Crippen LogP contribution in [0.25, 0.3) is 55.7 Å². The molecule has 0 saturated heterocycles. The van der Waals surface area contributed by atoms with E-state index in [0.29, 0.717) is 23.0 Å². The van der Waals surface area contributed by atoms with E-state index in [1.165, 1.54) is 19.2 Å². The number of hydrogen-bond donors (Lipinski definition) is 3. The predicted octanol–water partition coefficient (Wildman–Crippen LogP) is 6.20. The third-order valence-electron chi connectivity index (χ3n) is 6.14. The summed E-state index contributed by atoms with van der Waals surface area (Å²) in [4.78, 5) is 16.9. The third-order valence-corrected chi connectivity index (χ3v) is 6.14. The topological polar surface area (TPSA) is 104 Å². The van der Waals surface area contributed by atoms with Gasteiger partial charge in [0.25, 0.3) is 0 Å². The van der Waals surface area contributed by atoms with Gasteiger partial charge < -0.3 is 15.0 Å². The highest BCUT2D eigenvalue weighted by Gasteiger charge is 2.16. The van der Waals surface area contributed by atoms with E-state index in [9.17, 15) is 4.39 Å². The summed E-state index contributed by atoms with van der Waals surface area (Å²) in [5, 5.41) is 12.8. The smallest absolute Gasteiger partial charge is 0.138 e. The zero-order valence-corrected chi connectivity index (χ0v) is 20.5. The highest BCUT2D eigenvalue weighted by atomic mass is 19.1. The Labute approximate surface area is 212 Å². The molecule has 0 amide bonds. The molecule has 0 radical (unpaired) electrons. The molecule has 0 spiro atoms. The molecule has 0 atom stereocenters. The van der Waals surface area contributed by atoms with E-state index in [4.69, 9.17) is 4.74 Å². The first-order chi connectivity index (χ1) is 18.0. The van der Waals surface area contributed by atoms with Crippen molar-refractivity contribution in [3.05, 3.63) is 73.1 Å². The number of benzene rings is 1. The number of anilines is 1. The zero-order valence-electron chi connectivity index (χ0n) is 20.5. The summed E-state index contributed by atoms with van der Waals surface area (Å²) in [5.41, 5.74) is 7.19. The second-order valence-electron chi connectivity index (χ2n) is 9.13. The maximum atomic E-state index is 14.2. The second kappa shape index (κ2) is 9.02. The normalized spacial score (nSPS) is 11.5. The fraction of sp³-hybridized carbons (Fsp3) is 0.143. The lowest BCUT2D eigenvalue weighted by atomic mass is 10.0. The van der Waals surface area contributed by atoms with E-state index in [1.54, 1.807) is 24.8 Å². The summed E-state index contributed by atoms with van der Waals surface area (Å²) in [5.74, 6) is 0.0896. The minimum absolute atomic E-state index is 0.293. The fourth-order valence-electron chi connectivity index (χ4n) is 4.51. The van der Waals surface area contributed by atoms with Crippen LogP contribution in [0.2, 0.25) is 0 Å². The highest BCUT2D eigenvalue weighted by molar-refractivity contribution is 6.00. The van der Waals surface area contributed by atoms with Crippen LogP contribution >= 0.6 is 0 Å². The monoisotopic (exact) mass is 493 g/mol. The van der Waals surface area contributed by atoms with Crippen LogP contribution in [0.5, 0.6) is 5.75 Å². The van der Waals surface area contributed by atoms with Gasteiger partial charge in [-0.05, 0) is 61.4 Å². The van der Waals surface area contributed by atoms with Crippen molar-refractivity contribution in [1.29, 1.82) is 0 Å². The van der Waals surface area contributed by atoms with Gasteiger partial charge in [-0.3, -0.25) is 15.1 Å². The van der Waals surface area contributed by atoms with Gasteiger partial charge in [0.2, 0.25) is 0 Å². The quantitative estimate of drug-likeness (QED) is 0.255. The molecule has 0 aliphatic heterocycles. The van der Waals surface area contributed by atoms with E-state index in [-0.39, 0.29) is 5.82 Å². The molecule has 0 bridgehead atoms. The van der Waals surface area contributed by atoms with Crippen LogP contribution in [-0.4, -0.2) is 43.3 Å². The Morgan fingerprint density at radius 2 is 1.84 bits per heavy atom. The number of halogens is 1. The van der Waals surface area contributed by atoms with E-state index < -0.39 is 0 Å². The maximum absolute atomic E-state index is 14.2. The van der Waals surface area contributed by atoms with E-state index in [2.05, 4.69) is 49.3 Å². The van der Waals surface area contributed by atoms with Crippen molar-refractivity contribution >= 4 is 27.6 Å². The Morgan fingerprint density at radius 1 is 0.946 bits per heavy atom. The van der Waals surface area contributed by atoms with Crippen molar-refractivity contribution in [1.82, 2.24) is 30.1 Å². The summed E-state index contributed by atoms with van der Waals surface area (Å²) < 4.78 is 19.5. The number of H-pyrrole nitrogens is 2. The van der Waals surface area contributed by atoms with Crippen LogP contribution in [0, 0.1) is 5.82 Å².